The maximum atomic E-state index is 13.3. The van der Waals surface area contributed by atoms with E-state index in [1.54, 1.807) is 13.3 Å². The average Bonchev–Trinajstić information content (AvgIpc) is 3.39. The predicted molar refractivity (Wildman–Crippen MR) is 102 cm³/mol. The molecule has 1 unspecified atom stereocenters. The van der Waals surface area contributed by atoms with Crippen molar-refractivity contribution in [3.8, 4) is 0 Å². The smallest absolute Gasteiger partial charge is 0.416 e. The van der Waals surface area contributed by atoms with Gasteiger partial charge in [0, 0.05) is 20.1 Å². The van der Waals surface area contributed by atoms with Crippen molar-refractivity contribution in [3.63, 3.8) is 0 Å². The van der Waals surface area contributed by atoms with Crippen LogP contribution in [0.15, 0.2) is 46.0 Å². The predicted octanol–water partition coefficient (Wildman–Crippen LogP) is 3.94. The summed E-state index contributed by atoms with van der Waals surface area (Å²) >= 11 is 0. The van der Waals surface area contributed by atoms with Gasteiger partial charge in [0.15, 0.2) is 5.96 Å². The van der Waals surface area contributed by atoms with E-state index < -0.39 is 17.6 Å². The van der Waals surface area contributed by atoms with Crippen LogP contribution in [0.5, 0.6) is 0 Å². The molecule has 2 heterocycles. The van der Waals surface area contributed by atoms with Crippen molar-refractivity contribution in [1.82, 2.24) is 15.5 Å². The number of likely N-dealkylation sites (tertiary alicyclic amines) is 1. The second-order valence-corrected chi connectivity index (χ2v) is 6.88. The minimum absolute atomic E-state index is 0.00241. The molecule has 0 spiro atoms. The highest BCUT2D eigenvalue weighted by atomic mass is 19.4. The molecule has 9 heteroatoms. The third-order valence-electron chi connectivity index (χ3n) is 4.96. The zero-order chi connectivity index (χ0) is 20.9. The van der Waals surface area contributed by atoms with Gasteiger partial charge in [-0.3, -0.25) is 9.89 Å². The molecule has 2 aromatic rings. The largest absolute Gasteiger partial charge is 0.468 e. The van der Waals surface area contributed by atoms with Gasteiger partial charge >= 0.3 is 6.18 Å². The Hall–Kier alpha value is -2.55. The maximum absolute atomic E-state index is 13.3. The van der Waals surface area contributed by atoms with E-state index in [0.717, 1.165) is 43.8 Å². The van der Waals surface area contributed by atoms with Crippen LogP contribution in [0.4, 0.5) is 17.6 Å². The molecule has 0 aliphatic carbocycles. The first-order chi connectivity index (χ1) is 13.9. The van der Waals surface area contributed by atoms with Gasteiger partial charge in [0.2, 0.25) is 0 Å². The molecule has 0 saturated carbocycles. The number of guanidine groups is 1. The van der Waals surface area contributed by atoms with Crippen molar-refractivity contribution in [1.29, 1.82) is 0 Å². The van der Waals surface area contributed by atoms with Crippen LogP contribution >= 0.6 is 0 Å². The van der Waals surface area contributed by atoms with Crippen LogP contribution in [0.1, 0.15) is 35.8 Å². The fraction of sp³-hybridized carbons (Fsp3) is 0.450. The van der Waals surface area contributed by atoms with Gasteiger partial charge in [-0.2, -0.15) is 13.2 Å². The van der Waals surface area contributed by atoms with Gasteiger partial charge in [0.25, 0.3) is 0 Å². The van der Waals surface area contributed by atoms with Crippen molar-refractivity contribution in [3.05, 3.63) is 59.3 Å². The van der Waals surface area contributed by atoms with Crippen LogP contribution in [0.3, 0.4) is 0 Å². The van der Waals surface area contributed by atoms with Gasteiger partial charge in [-0.15, -0.1) is 0 Å². The van der Waals surface area contributed by atoms with Gasteiger partial charge in [-0.1, -0.05) is 6.07 Å². The molecule has 1 aliphatic heterocycles. The van der Waals surface area contributed by atoms with Crippen LogP contribution in [0.25, 0.3) is 0 Å². The quantitative estimate of drug-likeness (QED) is 0.429. The van der Waals surface area contributed by atoms with Gasteiger partial charge in [-0.05, 0) is 55.8 Å². The highest BCUT2D eigenvalue weighted by Gasteiger charge is 2.33. The monoisotopic (exact) mass is 412 g/mol. The SMILES string of the molecule is CN=C(NCc1ccc(F)cc1C(F)(F)F)NCC(c1ccco1)N1CCCC1. The maximum Gasteiger partial charge on any atom is 0.416 e. The summed E-state index contributed by atoms with van der Waals surface area (Å²) in [6, 6.07) is 6.40. The van der Waals surface area contributed by atoms with Crippen molar-refractivity contribution < 1.29 is 22.0 Å². The van der Waals surface area contributed by atoms with Gasteiger partial charge in [0.1, 0.15) is 11.6 Å². The van der Waals surface area contributed by atoms with Crippen LogP contribution in [-0.2, 0) is 12.7 Å². The van der Waals surface area contributed by atoms with E-state index in [2.05, 4.69) is 20.5 Å². The summed E-state index contributed by atoms with van der Waals surface area (Å²) in [5.74, 6) is 0.265. The summed E-state index contributed by atoms with van der Waals surface area (Å²) in [5, 5.41) is 6.03. The molecule has 1 atom stereocenters. The normalized spacial score (nSPS) is 16.8. The number of halogens is 4. The highest BCUT2D eigenvalue weighted by Crippen LogP contribution is 2.32. The van der Waals surface area contributed by atoms with Gasteiger partial charge in [-0.25, -0.2) is 4.39 Å². The Labute approximate surface area is 166 Å². The lowest BCUT2D eigenvalue weighted by atomic mass is 10.1. The Morgan fingerprint density at radius 2 is 1.97 bits per heavy atom. The zero-order valence-corrected chi connectivity index (χ0v) is 16.1. The summed E-state index contributed by atoms with van der Waals surface area (Å²) < 4.78 is 58.3. The third-order valence-corrected chi connectivity index (χ3v) is 4.96. The summed E-state index contributed by atoms with van der Waals surface area (Å²) in [5.41, 5.74) is -1.05. The Kier molecular flexibility index (Phi) is 6.79. The molecule has 158 valence electrons. The molecule has 1 aliphatic rings. The lowest BCUT2D eigenvalue weighted by molar-refractivity contribution is -0.138. The fourth-order valence-corrected chi connectivity index (χ4v) is 3.50. The van der Waals surface area contributed by atoms with E-state index >= 15 is 0 Å². The fourth-order valence-electron chi connectivity index (χ4n) is 3.50. The summed E-state index contributed by atoms with van der Waals surface area (Å²) in [6.45, 7) is 2.28. The van der Waals surface area contributed by atoms with Crippen LogP contribution < -0.4 is 10.6 Å². The summed E-state index contributed by atoms with van der Waals surface area (Å²) in [6.07, 6.45) is -0.765. The summed E-state index contributed by atoms with van der Waals surface area (Å²) in [7, 11) is 1.54. The minimum Gasteiger partial charge on any atom is -0.468 e. The Bertz CT molecular complexity index is 814. The molecular formula is C20H24F4N4O. The Balaban J connectivity index is 1.64. The van der Waals surface area contributed by atoms with E-state index in [1.807, 2.05) is 12.1 Å². The highest BCUT2D eigenvalue weighted by molar-refractivity contribution is 5.79. The molecular weight excluding hydrogens is 388 g/mol. The number of benzene rings is 1. The number of nitrogens with one attached hydrogen (secondary N) is 2. The Morgan fingerprint density at radius 3 is 2.59 bits per heavy atom. The summed E-state index contributed by atoms with van der Waals surface area (Å²) in [4.78, 5) is 6.39. The molecule has 1 aromatic carbocycles. The number of alkyl halides is 3. The third kappa shape index (κ3) is 5.50. The van der Waals surface area contributed by atoms with Crippen molar-refractivity contribution in [2.45, 2.75) is 31.6 Å². The molecule has 1 saturated heterocycles. The van der Waals surface area contributed by atoms with E-state index in [9.17, 15) is 17.6 Å². The zero-order valence-electron chi connectivity index (χ0n) is 16.1. The number of aliphatic imine (C=N–C) groups is 1. The molecule has 5 nitrogen and oxygen atoms in total. The molecule has 1 aromatic heterocycles. The van der Waals surface area contributed by atoms with Gasteiger partial charge < -0.3 is 15.1 Å². The van der Waals surface area contributed by atoms with Crippen LogP contribution in [-0.4, -0.2) is 37.5 Å². The van der Waals surface area contributed by atoms with Crippen LogP contribution in [0, 0.1) is 5.82 Å². The van der Waals surface area contributed by atoms with Gasteiger partial charge in [0.05, 0.1) is 17.9 Å². The first kappa shape index (κ1) is 21.2. The van der Waals surface area contributed by atoms with E-state index in [0.29, 0.717) is 18.6 Å². The van der Waals surface area contributed by atoms with E-state index in [4.69, 9.17) is 4.42 Å². The molecule has 0 radical (unpaired) electrons. The molecule has 0 amide bonds. The molecule has 29 heavy (non-hydrogen) atoms. The number of hydrogen-bond acceptors (Lipinski definition) is 3. The number of hydrogen-bond donors (Lipinski definition) is 2. The average molecular weight is 412 g/mol. The topological polar surface area (TPSA) is 52.8 Å². The lowest BCUT2D eigenvalue weighted by Gasteiger charge is -2.26. The lowest BCUT2D eigenvalue weighted by Crippen LogP contribution is -2.42. The number of furan rings is 1. The van der Waals surface area contributed by atoms with Crippen molar-refractivity contribution in [2.24, 2.45) is 4.99 Å². The van der Waals surface area contributed by atoms with E-state index in [1.165, 1.54) is 0 Å². The second kappa shape index (κ2) is 9.30. The first-order valence-corrected chi connectivity index (χ1v) is 9.46. The Morgan fingerprint density at radius 1 is 1.21 bits per heavy atom. The molecule has 2 N–H and O–H groups in total. The minimum atomic E-state index is -4.63. The first-order valence-electron chi connectivity index (χ1n) is 9.46. The molecule has 3 rings (SSSR count). The van der Waals surface area contributed by atoms with Crippen molar-refractivity contribution in [2.75, 3.05) is 26.7 Å². The standard InChI is InChI=1S/C20H24F4N4O/c1-25-19(26-12-14-6-7-15(21)11-16(14)20(22,23)24)27-13-17(18-5-4-10-29-18)28-8-2-3-9-28/h4-7,10-11,17H,2-3,8-9,12-13H2,1H3,(H2,25,26,27). The molecule has 0 bridgehead atoms. The number of nitrogens with zero attached hydrogens (tertiary/aromatic N) is 2. The van der Waals surface area contributed by atoms with E-state index in [-0.39, 0.29) is 18.2 Å². The number of rotatable bonds is 6. The van der Waals surface area contributed by atoms with Crippen LogP contribution in [0.2, 0.25) is 0 Å². The molecule has 1 fully saturated rings. The van der Waals surface area contributed by atoms with Crippen molar-refractivity contribution >= 4 is 5.96 Å². The second-order valence-electron chi connectivity index (χ2n) is 6.88.